The molecule has 0 spiro atoms. The van der Waals surface area contributed by atoms with Gasteiger partial charge in [-0.1, -0.05) is 35.3 Å². The van der Waals surface area contributed by atoms with E-state index >= 15 is 0 Å². The number of nitrogens with two attached hydrogens (primary N) is 2. The van der Waals surface area contributed by atoms with E-state index in [-0.39, 0.29) is 33.3 Å². The molecule has 1 aromatic carbocycles. The molecule has 0 radical (unpaired) electrons. The lowest BCUT2D eigenvalue weighted by Crippen LogP contribution is -2.15. The summed E-state index contributed by atoms with van der Waals surface area (Å²) in [6.45, 7) is 1.80. The summed E-state index contributed by atoms with van der Waals surface area (Å²) >= 11 is 12.3. The minimum absolute atomic E-state index is 0.0470. The summed E-state index contributed by atoms with van der Waals surface area (Å²) in [5.74, 6) is -0.404. The van der Waals surface area contributed by atoms with E-state index in [4.69, 9.17) is 34.7 Å². The highest BCUT2D eigenvalue weighted by atomic mass is 35.5. The van der Waals surface area contributed by atoms with Gasteiger partial charge in [-0.2, -0.15) is 20.3 Å². The van der Waals surface area contributed by atoms with Crippen LogP contribution in [0.1, 0.15) is 24.1 Å². The molecule has 9 nitrogen and oxygen atoms in total. The summed E-state index contributed by atoms with van der Waals surface area (Å²) in [7, 11) is 0. The molecule has 0 aliphatic heterocycles. The fourth-order valence-corrected chi connectivity index (χ4v) is 3.44. The van der Waals surface area contributed by atoms with Crippen molar-refractivity contribution in [1.29, 1.82) is 5.26 Å². The predicted octanol–water partition coefficient (Wildman–Crippen LogP) is 3.84. The van der Waals surface area contributed by atoms with E-state index in [1.165, 1.54) is 16.6 Å². The smallest absolute Gasteiger partial charge is 0.224 e. The lowest BCUT2D eigenvalue weighted by atomic mass is 10.0. The van der Waals surface area contributed by atoms with Crippen molar-refractivity contribution in [3.63, 3.8) is 0 Å². The van der Waals surface area contributed by atoms with E-state index in [9.17, 15) is 9.65 Å². The molecule has 0 saturated carbocycles. The van der Waals surface area contributed by atoms with Crippen LogP contribution < -0.4 is 16.8 Å². The molecule has 1 atom stereocenters. The van der Waals surface area contributed by atoms with Crippen LogP contribution in [0.2, 0.25) is 10.2 Å². The average molecular weight is 458 g/mol. The van der Waals surface area contributed by atoms with Crippen molar-refractivity contribution in [2.45, 2.75) is 13.0 Å². The molecule has 3 heterocycles. The number of nitrogen functional groups attached to an aromatic ring is 2. The van der Waals surface area contributed by atoms with Gasteiger partial charge in [-0.25, -0.2) is 13.9 Å². The van der Waals surface area contributed by atoms with Gasteiger partial charge in [0.2, 0.25) is 5.95 Å². The number of hydrogen-bond acceptors (Lipinski definition) is 8. The van der Waals surface area contributed by atoms with Gasteiger partial charge in [-0.05, 0) is 19.1 Å². The standard InChI is InChI=1S/C19H14Cl2FN9/c1-8(26-17-11(6-23)16(24)28-19(25)29-17)12-7-31-18(13(20)15(21)30-31)27-14(12)9-3-2-4-10(22)5-9/h2-5,7-8H,1H3,(H5,24,25,26,28,29)/t8-/m0/s1. The van der Waals surface area contributed by atoms with Crippen molar-refractivity contribution in [1.82, 2.24) is 24.6 Å². The molecule has 12 heteroatoms. The van der Waals surface area contributed by atoms with E-state index in [0.29, 0.717) is 22.5 Å². The van der Waals surface area contributed by atoms with Gasteiger partial charge in [0, 0.05) is 17.3 Å². The number of rotatable bonds is 4. The van der Waals surface area contributed by atoms with Crippen LogP contribution in [0, 0.1) is 17.1 Å². The molecule has 0 fully saturated rings. The zero-order valence-electron chi connectivity index (χ0n) is 15.9. The molecular formula is C19H14Cl2FN9. The first-order valence-electron chi connectivity index (χ1n) is 8.88. The van der Waals surface area contributed by atoms with E-state index in [1.807, 2.05) is 6.07 Å². The second-order valence-corrected chi connectivity index (χ2v) is 7.33. The molecular weight excluding hydrogens is 444 g/mol. The van der Waals surface area contributed by atoms with Gasteiger partial charge >= 0.3 is 0 Å². The summed E-state index contributed by atoms with van der Waals surface area (Å²) in [4.78, 5) is 12.5. The molecule has 0 unspecified atom stereocenters. The third kappa shape index (κ3) is 3.76. The maximum absolute atomic E-state index is 13.9. The van der Waals surface area contributed by atoms with Gasteiger partial charge in [0.15, 0.2) is 16.6 Å². The van der Waals surface area contributed by atoms with Gasteiger partial charge in [0.05, 0.1) is 11.7 Å². The summed E-state index contributed by atoms with van der Waals surface area (Å²) in [6.07, 6.45) is 1.66. The fraction of sp³-hybridized carbons (Fsp3) is 0.105. The zero-order chi connectivity index (χ0) is 22.3. The maximum Gasteiger partial charge on any atom is 0.224 e. The molecule has 0 aliphatic rings. The third-order valence-electron chi connectivity index (χ3n) is 4.53. The van der Waals surface area contributed by atoms with Crippen molar-refractivity contribution in [2.24, 2.45) is 0 Å². The Hall–Kier alpha value is -3.68. The first-order valence-corrected chi connectivity index (χ1v) is 9.64. The van der Waals surface area contributed by atoms with Crippen molar-refractivity contribution in [3.8, 4) is 17.3 Å². The monoisotopic (exact) mass is 457 g/mol. The lowest BCUT2D eigenvalue weighted by Gasteiger charge is -2.19. The molecule has 31 heavy (non-hydrogen) atoms. The van der Waals surface area contributed by atoms with Crippen molar-refractivity contribution < 1.29 is 4.39 Å². The highest BCUT2D eigenvalue weighted by molar-refractivity contribution is 6.43. The maximum atomic E-state index is 13.9. The van der Waals surface area contributed by atoms with Crippen LogP contribution in [0.25, 0.3) is 16.9 Å². The van der Waals surface area contributed by atoms with Gasteiger partial charge in [0.1, 0.15) is 28.3 Å². The van der Waals surface area contributed by atoms with Crippen LogP contribution in [0.4, 0.5) is 22.0 Å². The normalized spacial score (nSPS) is 12.0. The number of nitrogens with zero attached hydrogens (tertiary/aromatic N) is 6. The van der Waals surface area contributed by atoms with Crippen LogP contribution in [0.5, 0.6) is 0 Å². The minimum Gasteiger partial charge on any atom is -0.382 e. The van der Waals surface area contributed by atoms with Gasteiger partial charge in [-0.15, -0.1) is 0 Å². The number of aromatic nitrogens is 5. The van der Waals surface area contributed by atoms with E-state index < -0.39 is 11.9 Å². The Labute approximate surface area is 185 Å². The van der Waals surface area contributed by atoms with Gasteiger partial charge in [-0.3, -0.25) is 0 Å². The number of benzene rings is 1. The summed E-state index contributed by atoms with van der Waals surface area (Å²) in [5.41, 5.74) is 13.4. The average Bonchev–Trinajstić information content (AvgIpc) is 3.00. The minimum atomic E-state index is -0.488. The zero-order valence-corrected chi connectivity index (χ0v) is 17.4. The SMILES string of the molecule is C[C@H](Nc1nc(N)nc(N)c1C#N)c1cn2nc(Cl)c(Cl)c2nc1-c1cccc(F)c1. The molecule has 4 aromatic rings. The van der Waals surface area contributed by atoms with Crippen LogP contribution >= 0.6 is 23.2 Å². The third-order valence-corrected chi connectivity index (χ3v) is 5.24. The number of halogens is 3. The second kappa shape index (κ2) is 7.86. The Bertz CT molecular complexity index is 1360. The molecule has 0 amide bonds. The topological polar surface area (TPSA) is 144 Å². The molecule has 0 bridgehead atoms. The summed E-state index contributed by atoms with van der Waals surface area (Å²) in [6, 6.07) is 7.43. The fourth-order valence-electron chi connectivity index (χ4n) is 3.11. The molecule has 156 valence electrons. The number of nitrogens with one attached hydrogen (secondary N) is 1. The first-order chi connectivity index (χ1) is 14.8. The quantitative estimate of drug-likeness (QED) is 0.419. The number of anilines is 3. The largest absolute Gasteiger partial charge is 0.382 e. The highest BCUT2D eigenvalue weighted by Crippen LogP contribution is 2.33. The Morgan fingerprint density at radius 2 is 2.00 bits per heavy atom. The summed E-state index contributed by atoms with van der Waals surface area (Å²) < 4.78 is 15.4. The van der Waals surface area contributed by atoms with E-state index in [1.54, 1.807) is 25.3 Å². The number of nitriles is 1. The Balaban J connectivity index is 1.88. The van der Waals surface area contributed by atoms with Crippen LogP contribution in [0.3, 0.4) is 0 Å². The highest BCUT2D eigenvalue weighted by Gasteiger charge is 2.21. The number of fused-ring (bicyclic) bond motifs is 1. The van der Waals surface area contributed by atoms with Crippen molar-refractivity contribution in [2.75, 3.05) is 16.8 Å². The van der Waals surface area contributed by atoms with Crippen molar-refractivity contribution >= 4 is 46.4 Å². The van der Waals surface area contributed by atoms with E-state index in [0.717, 1.165) is 0 Å². The second-order valence-electron chi connectivity index (χ2n) is 6.60. The van der Waals surface area contributed by atoms with Crippen molar-refractivity contribution in [3.05, 3.63) is 57.6 Å². The lowest BCUT2D eigenvalue weighted by molar-refractivity contribution is 0.628. The molecule has 0 saturated heterocycles. The Morgan fingerprint density at radius 1 is 1.23 bits per heavy atom. The first kappa shape index (κ1) is 20.6. The van der Waals surface area contributed by atoms with E-state index in [2.05, 4.69) is 25.4 Å². The number of hydrogen-bond donors (Lipinski definition) is 3. The molecule has 5 N–H and O–H groups in total. The Kier molecular flexibility index (Phi) is 5.22. The van der Waals surface area contributed by atoms with Crippen LogP contribution in [-0.2, 0) is 0 Å². The Morgan fingerprint density at radius 3 is 2.71 bits per heavy atom. The molecule has 0 aliphatic carbocycles. The predicted molar refractivity (Wildman–Crippen MR) is 116 cm³/mol. The molecule has 4 rings (SSSR count). The van der Waals surface area contributed by atoms with Crippen LogP contribution in [0.15, 0.2) is 30.5 Å². The van der Waals surface area contributed by atoms with Crippen LogP contribution in [-0.4, -0.2) is 24.6 Å². The van der Waals surface area contributed by atoms with Gasteiger partial charge in [0.25, 0.3) is 0 Å². The van der Waals surface area contributed by atoms with Gasteiger partial charge < -0.3 is 16.8 Å². The summed E-state index contributed by atoms with van der Waals surface area (Å²) in [5, 5.41) is 16.9. The molecule has 3 aromatic heterocycles.